The maximum absolute atomic E-state index is 9.04. The molecule has 2 heteroatoms. The van der Waals surface area contributed by atoms with Crippen molar-refractivity contribution >= 4 is 21.9 Å². The highest BCUT2D eigenvalue weighted by Crippen LogP contribution is 2.40. The quantitative estimate of drug-likeness (QED) is 0.236. The van der Waals surface area contributed by atoms with Gasteiger partial charge in [0.15, 0.2) is 6.20 Å². The molecule has 0 amide bonds. The number of aromatic nitrogens is 1. The maximum atomic E-state index is 9.04. The zero-order valence-corrected chi connectivity index (χ0v) is 22.6. The number of hydrogen-bond acceptors (Lipinski definition) is 1. The van der Waals surface area contributed by atoms with E-state index >= 15 is 0 Å². The summed E-state index contributed by atoms with van der Waals surface area (Å²) in [6.07, 6.45) is 0.416. The van der Waals surface area contributed by atoms with Gasteiger partial charge in [-0.3, -0.25) is 0 Å². The fraction of sp³-hybridized carbons (Fsp3) is 0.324. The molecule has 0 unspecified atom stereocenters. The molecule has 36 heavy (non-hydrogen) atoms. The molecule has 3 aromatic carbocycles. The Labute approximate surface area is 221 Å². The normalized spacial score (nSPS) is 14.6. The van der Waals surface area contributed by atoms with E-state index in [2.05, 4.69) is 62.7 Å². The standard InChI is InChI=1S/C34H38NO/c1-22-13-18-26-25-11-9-10-12-30(25)36-32(26)31(22)29-19-27(28(21-35(29)8)34(5,6)7)24-16-14-23(15-17-24)20-33(2,3)4/h9-19,21H,20H2,1-8H3/q+1/i16D,17D,20D2. The van der Waals surface area contributed by atoms with Crippen molar-refractivity contribution in [3.8, 4) is 22.4 Å². The first-order valence-corrected chi connectivity index (χ1v) is 12.6. The summed E-state index contributed by atoms with van der Waals surface area (Å²) in [4.78, 5) is 0. The van der Waals surface area contributed by atoms with E-state index in [4.69, 9.17) is 9.90 Å². The minimum atomic E-state index is -1.69. The lowest BCUT2D eigenvalue weighted by molar-refractivity contribution is -0.660. The summed E-state index contributed by atoms with van der Waals surface area (Å²) in [6, 6.07) is 17.9. The summed E-state index contributed by atoms with van der Waals surface area (Å²) in [5, 5.41) is 2.12. The number of para-hydroxylation sites is 1. The Morgan fingerprint density at radius 3 is 2.28 bits per heavy atom. The van der Waals surface area contributed by atoms with Crippen molar-refractivity contribution in [3.05, 3.63) is 89.6 Å². The van der Waals surface area contributed by atoms with E-state index in [1.807, 2.05) is 46.0 Å². The molecular weight excluding hydrogens is 438 g/mol. The van der Waals surface area contributed by atoms with Gasteiger partial charge in [0.25, 0.3) is 0 Å². The highest BCUT2D eigenvalue weighted by atomic mass is 16.3. The maximum Gasteiger partial charge on any atom is 0.216 e. The SMILES string of the molecule is [2H]c1cc(C([2H])([2H])C(C)(C)C)cc([2H])c1-c1cc(-c2c(C)ccc3c2oc2ccccc23)[n+](C)cc1C(C)(C)C. The van der Waals surface area contributed by atoms with E-state index in [1.54, 1.807) is 12.1 Å². The van der Waals surface area contributed by atoms with Crippen molar-refractivity contribution in [1.29, 1.82) is 0 Å². The van der Waals surface area contributed by atoms with E-state index in [9.17, 15) is 0 Å². The highest BCUT2D eigenvalue weighted by Gasteiger charge is 2.28. The molecule has 0 saturated heterocycles. The molecule has 0 radical (unpaired) electrons. The van der Waals surface area contributed by atoms with Crippen LogP contribution < -0.4 is 4.57 Å². The van der Waals surface area contributed by atoms with Gasteiger partial charge < -0.3 is 4.42 Å². The Balaban J connectivity index is 1.82. The highest BCUT2D eigenvalue weighted by molar-refractivity contribution is 6.09. The number of hydrogen-bond donors (Lipinski definition) is 0. The fourth-order valence-electron chi connectivity index (χ4n) is 4.95. The number of furan rings is 1. The average molecular weight is 481 g/mol. The van der Waals surface area contributed by atoms with E-state index in [0.29, 0.717) is 11.1 Å². The number of pyridine rings is 1. The van der Waals surface area contributed by atoms with Crippen LogP contribution in [0.3, 0.4) is 0 Å². The predicted molar refractivity (Wildman–Crippen MR) is 152 cm³/mol. The Morgan fingerprint density at radius 1 is 0.917 bits per heavy atom. The molecule has 0 spiro atoms. The second-order valence-electron chi connectivity index (χ2n) is 11.9. The van der Waals surface area contributed by atoms with E-state index in [1.165, 1.54) is 0 Å². The number of aryl methyl sites for hydroxylation is 2. The summed E-state index contributed by atoms with van der Waals surface area (Å²) in [6.45, 7) is 14.0. The van der Waals surface area contributed by atoms with Crippen LogP contribution >= 0.6 is 0 Å². The van der Waals surface area contributed by atoms with Crippen LogP contribution in [-0.4, -0.2) is 0 Å². The molecule has 0 saturated carbocycles. The molecule has 0 aliphatic rings. The van der Waals surface area contributed by atoms with Crippen molar-refractivity contribution in [2.75, 3.05) is 0 Å². The summed E-state index contributed by atoms with van der Waals surface area (Å²) in [5.41, 5.74) is 6.39. The van der Waals surface area contributed by atoms with Gasteiger partial charge in [-0.1, -0.05) is 96.1 Å². The van der Waals surface area contributed by atoms with Crippen LogP contribution in [-0.2, 0) is 18.8 Å². The predicted octanol–water partition coefficient (Wildman–Crippen LogP) is 8.94. The van der Waals surface area contributed by atoms with Gasteiger partial charge in [-0.2, -0.15) is 0 Å². The lowest BCUT2D eigenvalue weighted by Gasteiger charge is -2.23. The molecule has 5 aromatic rings. The number of rotatable bonds is 3. The topological polar surface area (TPSA) is 17.0 Å². The smallest absolute Gasteiger partial charge is 0.216 e. The Bertz CT molecular complexity index is 1760. The molecule has 2 aromatic heterocycles. The third kappa shape index (κ3) is 4.46. The van der Waals surface area contributed by atoms with E-state index in [0.717, 1.165) is 49.9 Å². The fourth-order valence-corrected chi connectivity index (χ4v) is 4.95. The zero-order valence-electron chi connectivity index (χ0n) is 26.6. The number of nitrogens with zero attached hydrogens (tertiary/aromatic N) is 1. The van der Waals surface area contributed by atoms with Crippen LogP contribution in [0.15, 0.2) is 77.3 Å². The van der Waals surface area contributed by atoms with Gasteiger partial charge >= 0.3 is 0 Å². The molecule has 184 valence electrons. The molecule has 0 bridgehead atoms. The molecule has 2 heterocycles. The minimum Gasteiger partial charge on any atom is -0.455 e. The number of benzene rings is 3. The largest absolute Gasteiger partial charge is 0.455 e. The monoisotopic (exact) mass is 480 g/mol. The first-order valence-electron chi connectivity index (χ1n) is 14.6. The van der Waals surface area contributed by atoms with Crippen molar-refractivity contribution in [2.45, 2.75) is 60.3 Å². The molecule has 0 N–H and O–H groups in total. The van der Waals surface area contributed by atoms with Gasteiger partial charge in [0.1, 0.15) is 18.2 Å². The molecule has 5 rings (SSSR count). The van der Waals surface area contributed by atoms with E-state index < -0.39 is 11.8 Å². The van der Waals surface area contributed by atoms with Gasteiger partial charge in [0, 0.05) is 25.1 Å². The van der Waals surface area contributed by atoms with Gasteiger partial charge in [-0.25, -0.2) is 4.57 Å². The van der Waals surface area contributed by atoms with Gasteiger partial charge in [0.2, 0.25) is 5.69 Å². The molecule has 0 aliphatic heterocycles. The summed E-state index contributed by atoms with van der Waals surface area (Å²) < 4.78 is 44.1. The van der Waals surface area contributed by atoms with Gasteiger partial charge in [-0.15, -0.1) is 0 Å². The lowest BCUT2D eigenvalue weighted by atomic mass is 9.81. The molecule has 0 fully saturated rings. The van der Waals surface area contributed by atoms with Gasteiger partial charge in [0.05, 0.1) is 8.30 Å². The van der Waals surface area contributed by atoms with Crippen LogP contribution in [0.1, 0.15) is 63.7 Å². The second-order valence-corrected chi connectivity index (χ2v) is 11.9. The van der Waals surface area contributed by atoms with Crippen molar-refractivity contribution in [2.24, 2.45) is 12.5 Å². The first-order chi connectivity index (χ1) is 18.5. The van der Waals surface area contributed by atoms with E-state index in [-0.39, 0.29) is 17.5 Å². The second kappa shape index (κ2) is 8.62. The lowest BCUT2D eigenvalue weighted by Crippen LogP contribution is -2.34. The number of fused-ring (bicyclic) bond motifs is 3. The van der Waals surface area contributed by atoms with Crippen LogP contribution in [0, 0.1) is 12.3 Å². The van der Waals surface area contributed by atoms with Crippen molar-refractivity contribution in [3.63, 3.8) is 0 Å². The zero-order chi connectivity index (χ0) is 29.4. The Morgan fingerprint density at radius 2 is 1.61 bits per heavy atom. The van der Waals surface area contributed by atoms with Crippen LogP contribution in [0.2, 0.25) is 0 Å². The minimum absolute atomic E-state index is 0.152. The molecular formula is C34H38NO+. The van der Waals surface area contributed by atoms with Crippen LogP contribution in [0.4, 0.5) is 0 Å². The molecule has 2 nitrogen and oxygen atoms in total. The van der Waals surface area contributed by atoms with Crippen LogP contribution in [0.25, 0.3) is 44.3 Å². The third-order valence-electron chi connectivity index (χ3n) is 6.63. The Kier molecular flexibility index (Phi) is 4.73. The van der Waals surface area contributed by atoms with Crippen molar-refractivity contribution in [1.82, 2.24) is 0 Å². The summed E-state index contributed by atoms with van der Waals surface area (Å²) in [5.74, 6) is 0. The average Bonchev–Trinajstić information content (AvgIpc) is 3.21. The van der Waals surface area contributed by atoms with Crippen molar-refractivity contribution < 1.29 is 14.5 Å². The summed E-state index contributed by atoms with van der Waals surface area (Å²) >= 11 is 0. The molecule has 0 atom stereocenters. The third-order valence-corrected chi connectivity index (χ3v) is 6.63. The van der Waals surface area contributed by atoms with Crippen LogP contribution in [0.5, 0.6) is 0 Å². The Hall–Kier alpha value is -3.39. The summed E-state index contributed by atoms with van der Waals surface area (Å²) in [7, 11) is 2.03. The molecule has 0 aliphatic carbocycles. The van der Waals surface area contributed by atoms with Gasteiger partial charge in [-0.05, 0) is 52.4 Å². The first kappa shape index (κ1) is 19.8.